The lowest BCUT2D eigenvalue weighted by Gasteiger charge is -2.14. The summed E-state index contributed by atoms with van der Waals surface area (Å²) in [7, 11) is 0. The minimum atomic E-state index is 0.232. The highest BCUT2D eigenvalue weighted by atomic mass is 16.7. The van der Waals surface area contributed by atoms with Crippen LogP contribution >= 0.6 is 0 Å². The summed E-state index contributed by atoms with van der Waals surface area (Å²) < 4.78 is 16.4. The number of hydrogen-bond donors (Lipinski definition) is 1. The first-order valence-corrected chi connectivity index (χ1v) is 6.55. The van der Waals surface area contributed by atoms with Crippen LogP contribution in [0, 0.1) is 0 Å². The number of nitrogens with one attached hydrogen (secondary N) is 1. The van der Waals surface area contributed by atoms with Gasteiger partial charge in [-0.2, -0.15) is 0 Å². The van der Waals surface area contributed by atoms with Gasteiger partial charge in [-0.15, -0.1) is 0 Å². The fourth-order valence-electron chi connectivity index (χ4n) is 1.95. The molecule has 0 aromatic heterocycles. The molecular formula is C14H19NO3. The van der Waals surface area contributed by atoms with E-state index in [0.717, 1.165) is 29.6 Å². The van der Waals surface area contributed by atoms with E-state index in [1.807, 2.05) is 18.2 Å². The first-order valence-electron chi connectivity index (χ1n) is 6.55. The quantitative estimate of drug-likeness (QED) is 0.838. The van der Waals surface area contributed by atoms with Crippen LogP contribution in [0.2, 0.25) is 0 Å². The summed E-state index contributed by atoms with van der Waals surface area (Å²) in [5, 5.41) is 3.46. The van der Waals surface area contributed by atoms with E-state index in [-0.39, 0.29) is 6.10 Å². The maximum Gasteiger partial charge on any atom is 0.231 e. The molecule has 1 aliphatic carbocycles. The molecule has 0 radical (unpaired) electrons. The Morgan fingerprint density at radius 1 is 1.33 bits per heavy atom. The molecule has 4 nitrogen and oxygen atoms in total. The molecule has 2 aliphatic rings. The molecule has 1 aliphatic heterocycles. The molecule has 18 heavy (non-hydrogen) atoms. The van der Waals surface area contributed by atoms with E-state index in [9.17, 15) is 0 Å². The third-order valence-corrected chi connectivity index (χ3v) is 3.24. The molecule has 1 atom stereocenters. The Balaban J connectivity index is 1.46. The second-order valence-electron chi connectivity index (χ2n) is 4.99. The highest BCUT2D eigenvalue weighted by Crippen LogP contribution is 2.32. The van der Waals surface area contributed by atoms with Crippen molar-refractivity contribution in [2.75, 3.05) is 13.3 Å². The van der Waals surface area contributed by atoms with Crippen LogP contribution in [-0.2, 0) is 11.3 Å². The van der Waals surface area contributed by atoms with E-state index < -0.39 is 0 Å². The fraction of sp³-hybridized carbons (Fsp3) is 0.571. The summed E-state index contributed by atoms with van der Waals surface area (Å²) in [6, 6.07) is 6.69. The van der Waals surface area contributed by atoms with Crippen LogP contribution in [0.4, 0.5) is 0 Å². The van der Waals surface area contributed by atoms with Gasteiger partial charge < -0.3 is 19.5 Å². The SMILES string of the molecule is CC(CNC1CC1)OCc1ccc2c(c1)OCO2. The molecule has 1 heterocycles. The Kier molecular flexibility index (Phi) is 3.39. The van der Waals surface area contributed by atoms with Crippen LogP contribution in [0.5, 0.6) is 11.5 Å². The van der Waals surface area contributed by atoms with Crippen LogP contribution in [0.3, 0.4) is 0 Å². The highest BCUT2D eigenvalue weighted by molar-refractivity contribution is 5.44. The van der Waals surface area contributed by atoms with Crippen molar-refractivity contribution in [3.05, 3.63) is 23.8 Å². The Morgan fingerprint density at radius 3 is 3.00 bits per heavy atom. The van der Waals surface area contributed by atoms with Crippen molar-refractivity contribution in [1.82, 2.24) is 5.32 Å². The van der Waals surface area contributed by atoms with Gasteiger partial charge in [-0.3, -0.25) is 0 Å². The Morgan fingerprint density at radius 2 is 2.17 bits per heavy atom. The summed E-state index contributed by atoms with van der Waals surface area (Å²) in [6.07, 6.45) is 2.86. The summed E-state index contributed by atoms with van der Waals surface area (Å²) in [5.74, 6) is 1.64. The minimum Gasteiger partial charge on any atom is -0.454 e. The van der Waals surface area contributed by atoms with Gasteiger partial charge in [0.1, 0.15) is 0 Å². The number of benzene rings is 1. The van der Waals surface area contributed by atoms with E-state index in [4.69, 9.17) is 14.2 Å². The Labute approximate surface area is 107 Å². The van der Waals surface area contributed by atoms with Gasteiger partial charge in [0.25, 0.3) is 0 Å². The lowest BCUT2D eigenvalue weighted by molar-refractivity contribution is 0.0529. The van der Waals surface area contributed by atoms with Crippen molar-refractivity contribution in [2.45, 2.75) is 38.5 Å². The molecule has 1 unspecified atom stereocenters. The highest BCUT2D eigenvalue weighted by Gasteiger charge is 2.21. The van der Waals surface area contributed by atoms with Crippen molar-refractivity contribution >= 4 is 0 Å². The Bertz CT molecular complexity index is 418. The van der Waals surface area contributed by atoms with Crippen LogP contribution in [0.1, 0.15) is 25.3 Å². The molecule has 1 aromatic rings. The number of hydrogen-bond acceptors (Lipinski definition) is 4. The molecule has 1 aromatic carbocycles. The smallest absolute Gasteiger partial charge is 0.231 e. The normalized spacial score (nSPS) is 18.9. The van der Waals surface area contributed by atoms with Crippen LogP contribution in [-0.4, -0.2) is 25.5 Å². The zero-order valence-electron chi connectivity index (χ0n) is 10.6. The summed E-state index contributed by atoms with van der Waals surface area (Å²) >= 11 is 0. The second kappa shape index (κ2) is 5.16. The van der Waals surface area contributed by atoms with Crippen molar-refractivity contribution in [2.24, 2.45) is 0 Å². The summed E-state index contributed by atoms with van der Waals surface area (Å²) in [5.41, 5.74) is 1.12. The standard InChI is InChI=1S/C14H19NO3/c1-10(7-15-12-3-4-12)16-8-11-2-5-13-14(6-11)18-9-17-13/h2,5-6,10,12,15H,3-4,7-9H2,1H3. The van der Waals surface area contributed by atoms with Crippen LogP contribution in [0.25, 0.3) is 0 Å². The zero-order chi connectivity index (χ0) is 12.4. The molecule has 0 spiro atoms. The number of ether oxygens (including phenoxy) is 3. The first kappa shape index (κ1) is 11.8. The predicted molar refractivity (Wildman–Crippen MR) is 67.8 cm³/mol. The molecule has 1 N–H and O–H groups in total. The lowest BCUT2D eigenvalue weighted by atomic mass is 10.2. The topological polar surface area (TPSA) is 39.7 Å². The van der Waals surface area contributed by atoms with E-state index in [2.05, 4.69) is 12.2 Å². The van der Waals surface area contributed by atoms with E-state index in [0.29, 0.717) is 13.4 Å². The van der Waals surface area contributed by atoms with Gasteiger partial charge >= 0.3 is 0 Å². The predicted octanol–water partition coefficient (Wildman–Crippen LogP) is 2.07. The fourth-order valence-corrected chi connectivity index (χ4v) is 1.95. The van der Waals surface area contributed by atoms with Crippen molar-refractivity contribution in [3.63, 3.8) is 0 Å². The molecule has 0 saturated heterocycles. The Hall–Kier alpha value is -1.26. The average molecular weight is 249 g/mol. The molecule has 1 saturated carbocycles. The maximum atomic E-state index is 5.81. The minimum absolute atomic E-state index is 0.232. The molecule has 1 fully saturated rings. The molecular weight excluding hydrogens is 230 g/mol. The van der Waals surface area contributed by atoms with Gasteiger partial charge in [0.15, 0.2) is 11.5 Å². The van der Waals surface area contributed by atoms with Crippen LogP contribution < -0.4 is 14.8 Å². The van der Waals surface area contributed by atoms with Crippen molar-refractivity contribution in [3.8, 4) is 11.5 Å². The van der Waals surface area contributed by atoms with Gasteiger partial charge in [-0.25, -0.2) is 0 Å². The van der Waals surface area contributed by atoms with Gasteiger partial charge in [-0.05, 0) is 37.5 Å². The third-order valence-electron chi connectivity index (χ3n) is 3.24. The van der Waals surface area contributed by atoms with E-state index in [1.165, 1.54) is 12.8 Å². The maximum absolute atomic E-state index is 5.81. The van der Waals surface area contributed by atoms with Gasteiger partial charge in [0.05, 0.1) is 12.7 Å². The van der Waals surface area contributed by atoms with Crippen molar-refractivity contribution in [1.29, 1.82) is 0 Å². The third kappa shape index (κ3) is 2.94. The first-order chi connectivity index (χ1) is 8.81. The number of fused-ring (bicyclic) bond motifs is 1. The lowest BCUT2D eigenvalue weighted by Crippen LogP contribution is -2.28. The molecule has 0 bridgehead atoms. The van der Waals surface area contributed by atoms with Crippen LogP contribution in [0.15, 0.2) is 18.2 Å². The van der Waals surface area contributed by atoms with E-state index in [1.54, 1.807) is 0 Å². The van der Waals surface area contributed by atoms with Crippen molar-refractivity contribution < 1.29 is 14.2 Å². The zero-order valence-corrected chi connectivity index (χ0v) is 10.6. The summed E-state index contributed by atoms with van der Waals surface area (Å²) in [6.45, 7) is 3.96. The molecule has 0 amide bonds. The van der Waals surface area contributed by atoms with Gasteiger partial charge in [0.2, 0.25) is 6.79 Å². The number of rotatable bonds is 6. The van der Waals surface area contributed by atoms with Gasteiger partial charge in [-0.1, -0.05) is 6.07 Å². The van der Waals surface area contributed by atoms with Gasteiger partial charge in [0, 0.05) is 12.6 Å². The second-order valence-corrected chi connectivity index (χ2v) is 4.99. The largest absolute Gasteiger partial charge is 0.454 e. The summed E-state index contributed by atoms with van der Waals surface area (Å²) in [4.78, 5) is 0. The average Bonchev–Trinajstić information content (AvgIpc) is 3.10. The molecule has 98 valence electrons. The monoisotopic (exact) mass is 249 g/mol. The molecule has 3 rings (SSSR count). The van der Waals surface area contributed by atoms with E-state index >= 15 is 0 Å². The molecule has 4 heteroatoms.